The summed E-state index contributed by atoms with van der Waals surface area (Å²) < 4.78 is 7.19. The van der Waals surface area contributed by atoms with E-state index in [0.717, 1.165) is 22.0 Å². The van der Waals surface area contributed by atoms with Crippen LogP contribution >= 0.6 is 15.9 Å². The molecule has 2 aromatic heterocycles. The number of pyridine rings is 2. The topological polar surface area (TPSA) is 47.8 Å². The van der Waals surface area contributed by atoms with Gasteiger partial charge in [0.15, 0.2) is 0 Å². The second kappa shape index (κ2) is 5.57. The molecule has 0 radical (unpaired) electrons. The first-order valence-corrected chi connectivity index (χ1v) is 6.88. The predicted molar refractivity (Wildman–Crippen MR) is 76.7 cm³/mol. The molecule has 19 heavy (non-hydrogen) atoms. The predicted octanol–water partition coefficient (Wildman–Crippen LogP) is 2.80. The number of aryl methyl sites for hydroxylation is 1. The van der Waals surface area contributed by atoms with Crippen LogP contribution in [0.3, 0.4) is 0 Å². The molecule has 0 aliphatic heterocycles. The zero-order chi connectivity index (χ0) is 14.0. The monoisotopic (exact) mass is 323 g/mol. The van der Waals surface area contributed by atoms with Gasteiger partial charge in [-0.15, -0.1) is 0 Å². The summed E-state index contributed by atoms with van der Waals surface area (Å²) in [7, 11) is 0. The van der Waals surface area contributed by atoms with Gasteiger partial charge in [-0.3, -0.25) is 9.20 Å². The summed E-state index contributed by atoms with van der Waals surface area (Å²) >= 11 is 3.33. The number of nitrogens with zero attached hydrogens (tertiary/aromatic N) is 1. The van der Waals surface area contributed by atoms with Gasteiger partial charge in [0.25, 0.3) is 5.56 Å². The third-order valence-corrected chi connectivity index (χ3v) is 3.35. The molecule has 2 rings (SSSR count). The highest BCUT2D eigenvalue weighted by Crippen LogP contribution is 2.16. The van der Waals surface area contributed by atoms with Crippen molar-refractivity contribution in [1.29, 1.82) is 0 Å². The molecule has 4 nitrogen and oxygen atoms in total. The van der Waals surface area contributed by atoms with E-state index >= 15 is 0 Å². The SMILES string of the molecule is CCOC(=O)c1cc(CC)c2ccc(Br)cn2c1=O. The third kappa shape index (κ3) is 2.56. The van der Waals surface area contributed by atoms with E-state index in [2.05, 4.69) is 15.9 Å². The summed E-state index contributed by atoms with van der Waals surface area (Å²) in [5.74, 6) is -0.573. The Morgan fingerprint density at radius 3 is 2.74 bits per heavy atom. The molecular formula is C14H14BrNO3. The van der Waals surface area contributed by atoms with Crippen molar-refractivity contribution in [3.63, 3.8) is 0 Å². The van der Waals surface area contributed by atoms with Gasteiger partial charge in [-0.05, 0) is 53.0 Å². The number of hydrogen-bond acceptors (Lipinski definition) is 3. The Morgan fingerprint density at radius 2 is 2.11 bits per heavy atom. The summed E-state index contributed by atoms with van der Waals surface area (Å²) in [6.45, 7) is 3.95. The molecule has 0 N–H and O–H groups in total. The molecule has 100 valence electrons. The lowest BCUT2D eigenvalue weighted by molar-refractivity contribution is 0.0524. The Morgan fingerprint density at radius 1 is 1.37 bits per heavy atom. The minimum Gasteiger partial charge on any atom is -0.462 e. The van der Waals surface area contributed by atoms with Gasteiger partial charge in [0.1, 0.15) is 5.56 Å². The fourth-order valence-electron chi connectivity index (χ4n) is 1.98. The van der Waals surface area contributed by atoms with E-state index in [0.29, 0.717) is 0 Å². The lowest BCUT2D eigenvalue weighted by atomic mass is 10.1. The maximum Gasteiger partial charge on any atom is 0.343 e. The molecule has 0 bridgehead atoms. The Labute approximate surface area is 119 Å². The Hall–Kier alpha value is -1.62. The number of carbonyl (C=O) groups is 1. The molecule has 0 aliphatic rings. The maximum absolute atomic E-state index is 12.3. The highest BCUT2D eigenvalue weighted by molar-refractivity contribution is 9.10. The lowest BCUT2D eigenvalue weighted by Crippen LogP contribution is -2.24. The van der Waals surface area contributed by atoms with E-state index in [1.54, 1.807) is 19.2 Å². The lowest BCUT2D eigenvalue weighted by Gasteiger charge is -2.09. The number of esters is 1. The molecule has 0 saturated carbocycles. The number of fused-ring (bicyclic) bond motifs is 1. The Kier molecular flexibility index (Phi) is 4.04. The zero-order valence-corrected chi connectivity index (χ0v) is 12.4. The van der Waals surface area contributed by atoms with Crippen LogP contribution in [0.25, 0.3) is 5.52 Å². The zero-order valence-electron chi connectivity index (χ0n) is 10.8. The molecule has 0 unspecified atom stereocenters. The van der Waals surface area contributed by atoms with Crippen LogP contribution < -0.4 is 5.56 Å². The summed E-state index contributed by atoms with van der Waals surface area (Å²) in [6.07, 6.45) is 2.40. The largest absolute Gasteiger partial charge is 0.462 e. The molecule has 0 amide bonds. The van der Waals surface area contributed by atoms with Crippen molar-refractivity contribution in [2.24, 2.45) is 0 Å². The number of ether oxygens (including phenoxy) is 1. The summed E-state index contributed by atoms with van der Waals surface area (Å²) in [6, 6.07) is 5.36. The van der Waals surface area contributed by atoms with Crippen molar-refractivity contribution in [2.75, 3.05) is 6.61 Å². The first kappa shape index (κ1) is 13.8. The van der Waals surface area contributed by atoms with Gasteiger partial charge in [-0.1, -0.05) is 6.92 Å². The van der Waals surface area contributed by atoms with Crippen LogP contribution in [0, 0.1) is 0 Å². The normalized spacial score (nSPS) is 10.7. The van der Waals surface area contributed by atoms with Crippen LogP contribution in [-0.4, -0.2) is 17.0 Å². The molecular weight excluding hydrogens is 310 g/mol. The number of carbonyl (C=O) groups excluding carboxylic acids is 1. The van der Waals surface area contributed by atoms with Crippen molar-refractivity contribution in [3.05, 3.63) is 50.3 Å². The summed E-state index contributed by atoms with van der Waals surface area (Å²) in [5.41, 5.74) is 1.47. The van der Waals surface area contributed by atoms with Crippen molar-refractivity contribution >= 4 is 27.4 Å². The molecule has 0 spiro atoms. The summed E-state index contributed by atoms with van der Waals surface area (Å²) in [5, 5.41) is 0. The van der Waals surface area contributed by atoms with E-state index in [1.165, 1.54) is 4.40 Å². The van der Waals surface area contributed by atoms with Gasteiger partial charge in [0.05, 0.1) is 12.1 Å². The Balaban J connectivity index is 2.77. The van der Waals surface area contributed by atoms with E-state index in [9.17, 15) is 9.59 Å². The molecule has 0 aliphatic carbocycles. The first-order chi connectivity index (χ1) is 9.08. The number of rotatable bonds is 3. The van der Waals surface area contributed by atoms with E-state index in [-0.39, 0.29) is 17.7 Å². The van der Waals surface area contributed by atoms with Gasteiger partial charge < -0.3 is 4.74 Å². The van der Waals surface area contributed by atoms with E-state index < -0.39 is 5.97 Å². The first-order valence-electron chi connectivity index (χ1n) is 6.09. The van der Waals surface area contributed by atoms with Gasteiger partial charge in [0.2, 0.25) is 0 Å². The van der Waals surface area contributed by atoms with Crippen molar-refractivity contribution in [3.8, 4) is 0 Å². The van der Waals surface area contributed by atoms with Crippen LogP contribution in [0.2, 0.25) is 0 Å². The average molecular weight is 324 g/mol. The minimum absolute atomic E-state index is 0.0781. The van der Waals surface area contributed by atoms with Gasteiger partial charge >= 0.3 is 5.97 Å². The highest BCUT2D eigenvalue weighted by atomic mass is 79.9. The number of hydrogen-bond donors (Lipinski definition) is 0. The summed E-state index contributed by atoms with van der Waals surface area (Å²) in [4.78, 5) is 24.1. The van der Waals surface area contributed by atoms with Crippen LogP contribution in [0.4, 0.5) is 0 Å². The van der Waals surface area contributed by atoms with Crippen LogP contribution in [0.1, 0.15) is 29.8 Å². The molecule has 0 saturated heterocycles. The van der Waals surface area contributed by atoms with Crippen molar-refractivity contribution in [1.82, 2.24) is 4.40 Å². The average Bonchev–Trinajstić information content (AvgIpc) is 2.40. The van der Waals surface area contributed by atoms with Crippen molar-refractivity contribution < 1.29 is 9.53 Å². The Bertz CT molecular complexity index is 691. The second-order valence-electron chi connectivity index (χ2n) is 4.06. The van der Waals surface area contributed by atoms with Gasteiger partial charge in [-0.25, -0.2) is 4.79 Å². The van der Waals surface area contributed by atoms with E-state index in [1.807, 2.05) is 19.1 Å². The fourth-order valence-corrected chi connectivity index (χ4v) is 2.32. The van der Waals surface area contributed by atoms with Gasteiger partial charge in [-0.2, -0.15) is 0 Å². The number of aromatic nitrogens is 1. The van der Waals surface area contributed by atoms with Crippen LogP contribution in [0.15, 0.2) is 33.7 Å². The standard InChI is InChI=1S/C14H14BrNO3/c1-3-9-7-11(14(18)19-4-2)13(17)16-8-10(15)5-6-12(9)16/h5-8H,3-4H2,1-2H3. The highest BCUT2D eigenvalue weighted by Gasteiger charge is 2.16. The molecule has 0 fully saturated rings. The number of halogens is 1. The fraction of sp³-hybridized carbons (Fsp3) is 0.286. The van der Waals surface area contributed by atoms with Gasteiger partial charge in [0, 0.05) is 10.7 Å². The maximum atomic E-state index is 12.3. The van der Waals surface area contributed by atoms with Crippen molar-refractivity contribution in [2.45, 2.75) is 20.3 Å². The molecule has 2 aromatic rings. The molecule has 0 aromatic carbocycles. The quantitative estimate of drug-likeness (QED) is 0.816. The molecule has 2 heterocycles. The molecule has 5 heteroatoms. The van der Waals surface area contributed by atoms with Crippen LogP contribution in [0.5, 0.6) is 0 Å². The minimum atomic E-state index is -0.573. The second-order valence-corrected chi connectivity index (χ2v) is 4.98. The van der Waals surface area contributed by atoms with E-state index in [4.69, 9.17) is 4.74 Å². The molecule has 0 atom stereocenters. The van der Waals surface area contributed by atoms with Crippen LogP contribution in [-0.2, 0) is 11.2 Å². The third-order valence-electron chi connectivity index (χ3n) is 2.89. The smallest absolute Gasteiger partial charge is 0.343 e.